The van der Waals surface area contributed by atoms with E-state index in [-0.39, 0.29) is 0 Å². The van der Waals surface area contributed by atoms with Crippen LogP contribution in [0.3, 0.4) is 0 Å². The minimum Gasteiger partial charge on any atom is -0.366 e. The number of benzene rings is 1. The first-order valence-corrected chi connectivity index (χ1v) is 6.28. The van der Waals surface area contributed by atoms with E-state index in [4.69, 9.17) is 17.3 Å². The van der Waals surface area contributed by atoms with Gasteiger partial charge in [0.1, 0.15) is 0 Å². The van der Waals surface area contributed by atoms with E-state index in [9.17, 15) is 4.79 Å². The van der Waals surface area contributed by atoms with E-state index in [1.165, 1.54) is 0 Å². The van der Waals surface area contributed by atoms with Gasteiger partial charge in [-0.1, -0.05) is 23.7 Å². The Balaban J connectivity index is 2.41. The number of hydrogen-bond acceptors (Lipinski definition) is 2. The van der Waals surface area contributed by atoms with Crippen molar-refractivity contribution in [2.45, 2.75) is 25.7 Å². The van der Waals surface area contributed by atoms with Gasteiger partial charge in [0.05, 0.1) is 10.6 Å². The summed E-state index contributed by atoms with van der Waals surface area (Å²) in [5.74, 6) is -0.00858. The summed E-state index contributed by atoms with van der Waals surface area (Å²) in [5.41, 5.74) is 7.76. The van der Waals surface area contributed by atoms with E-state index in [2.05, 4.69) is 5.32 Å². The molecule has 0 spiro atoms. The summed E-state index contributed by atoms with van der Waals surface area (Å²) in [4.78, 5) is 11.4. The molecule has 0 bridgehead atoms. The number of aryl methyl sites for hydroxylation is 1. The summed E-state index contributed by atoms with van der Waals surface area (Å²) in [6.45, 7) is 3.86. The highest BCUT2D eigenvalue weighted by Crippen LogP contribution is 2.34. The lowest BCUT2D eigenvalue weighted by molar-refractivity contribution is 0.0999. The first-order valence-electron chi connectivity index (χ1n) is 5.90. The fourth-order valence-electron chi connectivity index (χ4n) is 2.44. The van der Waals surface area contributed by atoms with Gasteiger partial charge in [-0.25, -0.2) is 0 Å². The molecule has 1 aromatic carbocycles. The number of carbonyl (C=O) groups is 1. The molecular formula is C13H17ClN2O. The third-order valence-corrected chi connectivity index (χ3v) is 3.81. The van der Waals surface area contributed by atoms with Gasteiger partial charge in [-0.15, -0.1) is 0 Å². The lowest BCUT2D eigenvalue weighted by atomic mass is 9.88. The Hall–Kier alpha value is -1.06. The van der Waals surface area contributed by atoms with Crippen molar-refractivity contribution in [3.05, 3.63) is 33.8 Å². The van der Waals surface area contributed by atoms with Crippen molar-refractivity contribution in [2.75, 3.05) is 13.1 Å². The number of rotatable bonds is 2. The molecule has 1 amide bonds. The first kappa shape index (κ1) is 12.4. The predicted octanol–water partition coefficient (Wildman–Crippen LogP) is 2.21. The van der Waals surface area contributed by atoms with E-state index in [0.717, 1.165) is 37.1 Å². The van der Waals surface area contributed by atoms with Gasteiger partial charge in [0.2, 0.25) is 5.91 Å². The number of hydrogen-bond donors (Lipinski definition) is 2. The monoisotopic (exact) mass is 252 g/mol. The topological polar surface area (TPSA) is 55.1 Å². The van der Waals surface area contributed by atoms with Gasteiger partial charge in [-0.05, 0) is 49.9 Å². The fraction of sp³-hybridized carbons (Fsp3) is 0.462. The molecule has 0 aromatic heterocycles. The number of carbonyl (C=O) groups excluding carboxylic acids is 1. The lowest BCUT2D eigenvalue weighted by Gasteiger charge is -2.24. The fourth-order valence-corrected chi connectivity index (χ4v) is 2.90. The molecular weight excluding hydrogens is 236 g/mol. The Bertz CT molecular complexity index is 439. The van der Waals surface area contributed by atoms with Gasteiger partial charge in [-0.2, -0.15) is 0 Å². The highest BCUT2D eigenvalue weighted by molar-refractivity contribution is 6.34. The third-order valence-electron chi connectivity index (χ3n) is 3.41. The summed E-state index contributed by atoms with van der Waals surface area (Å²) in [7, 11) is 0. The average Bonchev–Trinajstić information content (AvgIpc) is 2.30. The van der Waals surface area contributed by atoms with E-state index >= 15 is 0 Å². The molecule has 3 N–H and O–H groups in total. The maximum atomic E-state index is 11.4. The van der Waals surface area contributed by atoms with Crippen molar-refractivity contribution >= 4 is 17.5 Å². The van der Waals surface area contributed by atoms with Crippen molar-refractivity contribution < 1.29 is 4.79 Å². The number of nitrogens with two attached hydrogens (primary N) is 1. The second-order valence-corrected chi connectivity index (χ2v) is 4.93. The Labute approximate surface area is 106 Å². The summed E-state index contributed by atoms with van der Waals surface area (Å²) in [6, 6.07) is 3.96. The van der Waals surface area contributed by atoms with Gasteiger partial charge < -0.3 is 11.1 Å². The Morgan fingerprint density at radius 1 is 1.41 bits per heavy atom. The Morgan fingerprint density at radius 3 is 2.65 bits per heavy atom. The zero-order chi connectivity index (χ0) is 12.4. The van der Waals surface area contributed by atoms with Crippen LogP contribution in [0.2, 0.25) is 5.02 Å². The second kappa shape index (κ2) is 5.07. The van der Waals surface area contributed by atoms with E-state index in [0.29, 0.717) is 16.5 Å². The largest absolute Gasteiger partial charge is 0.366 e. The number of nitrogens with one attached hydrogen (secondary N) is 1. The second-order valence-electron chi connectivity index (χ2n) is 4.55. The summed E-state index contributed by atoms with van der Waals surface area (Å²) in [5, 5.41) is 3.86. The van der Waals surface area contributed by atoms with Crippen LogP contribution in [0.5, 0.6) is 0 Å². The van der Waals surface area contributed by atoms with Crippen molar-refractivity contribution in [2.24, 2.45) is 5.73 Å². The van der Waals surface area contributed by atoms with Crippen LogP contribution in [0.25, 0.3) is 0 Å². The molecule has 4 heteroatoms. The van der Waals surface area contributed by atoms with Gasteiger partial charge in [0.25, 0.3) is 0 Å². The molecule has 0 unspecified atom stereocenters. The lowest BCUT2D eigenvalue weighted by Crippen LogP contribution is -2.27. The van der Waals surface area contributed by atoms with E-state index < -0.39 is 5.91 Å². The molecule has 92 valence electrons. The number of halogens is 1. The molecule has 0 radical (unpaired) electrons. The van der Waals surface area contributed by atoms with E-state index in [1.54, 1.807) is 0 Å². The molecule has 0 atom stereocenters. The zero-order valence-electron chi connectivity index (χ0n) is 9.92. The van der Waals surface area contributed by atoms with Gasteiger partial charge >= 0.3 is 0 Å². The molecule has 1 heterocycles. The smallest absolute Gasteiger partial charge is 0.250 e. The molecule has 0 saturated carbocycles. The molecule has 0 aliphatic carbocycles. The number of primary amides is 1. The average molecular weight is 253 g/mol. The van der Waals surface area contributed by atoms with Crippen molar-refractivity contribution in [1.82, 2.24) is 5.32 Å². The minimum absolute atomic E-state index is 0.433. The highest BCUT2D eigenvalue weighted by atomic mass is 35.5. The van der Waals surface area contributed by atoms with Crippen molar-refractivity contribution in [3.63, 3.8) is 0 Å². The molecule has 1 aliphatic rings. The van der Waals surface area contributed by atoms with Crippen molar-refractivity contribution in [3.8, 4) is 0 Å². The molecule has 17 heavy (non-hydrogen) atoms. The third kappa shape index (κ3) is 2.45. The van der Waals surface area contributed by atoms with Crippen molar-refractivity contribution in [1.29, 1.82) is 0 Å². The van der Waals surface area contributed by atoms with Crippen LogP contribution < -0.4 is 11.1 Å². The highest BCUT2D eigenvalue weighted by Gasteiger charge is 2.21. The van der Waals surface area contributed by atoms with Gasteiger partial charge in [0.15, 0.2) is 0 Å². The quantitative estimate of drug-likeness (QED) is 0.848. The predicted molar refractivity (Wildman–Crippen MR) is 69.6 cm³/mol. The molecule has 1 fully saturated rings. The van der Waals surface area contributed by atoms with Crippen LogP contribution in [-0.4, -0.2) is 19.0 Å². The Kier molecular flexibility index (Phi) is 3.69. The van der Waals surface area contributed by atoms with Crippen LogP contribution in [-0.2, 0) is 0 Å². The van der Waals surface area contributed by atoms with Gasteiger partial charge in [0, 0.05) is 0 Å². The summed E-state index contributed by atoms with van der Waals surface area (Å²) < 4.78 is 0. The first-order chi connectivity index (χ1) is 8.11. The molecule has 1 saturated heterocycles. The molecule has 2 rings (SSSR count). The summed E-state index contributed by atoms with van der Waals surface area (Å²) in [6.07, 6.45) is 2.11. The normalized spacial score (nSPS) is 17.1. The van der Waals surface area contributed by atoms with Crippen LogP contribution in [0, 0.1) is 6.92 Å². The van der Waals surface area contributed by atoms with Gasteiger partial charge in [-0.3, -0.25) is 4.79 Å². The standard InChI is InChI=1S/C13H17ClN2O/c1-8-2-3-10(9-4-6-16-7-5-9)12(14)11(8)13(15)17/h2-3,9,16H,4-7H2,1H3,(H2,15,17). The minimum atomic E-state index is -0.441. The van der Waals surface area contributed by atoms with Crippen LogP contribution in [0.15, 0.2) is 12.1 Å². The maximum absolute atomic E-state index is 11.4. The van der Waals surface area contributed by atoms with Crippen LogP contribution in [0.1, 0.15) is 40.2 Å². The maximum Gasteiger partial charge on any atom is 0.250 e. The summed E-state index contributed by atoms with van der Waals surface area (Å²) >= 11 is 6.32. The zero-order valence-corrected chi connectivity index (χ0v) is 10.7. The Morgan fingerprint density at radius 2 is 2.06 bits per heavy atom. The molecule has 1 aromatic rings. The van der Waals surface area contributed by atoms with Crippen LogP contribution >= 0.6 is 11.6 Å². The molecule has 1 aliphatic heterocycles. The van der Waals surface area contributed by atoms with Crippen LogP contribution in [0.4, 0.5) is 0 Å². The van der Waals surface area contributed by atoms with E-state index in [1.807, 2.05) is 19.1 Å². The SMILES string of the molecule is Cc1ccc(C2CCNCC2)c(Cl)c1C(N)=O. The number of piperidine rings is 1. The number of amides is 1. The molecule has 3 nitrogen and oxygen atoms in total.